The highest BCUT2D eigenvalue weighted by molar-refractivity contribution is 7.89. The van der Waals surface area contributed by atoms with Crippen molar-refractivity contribution >= 4 is 63.5 Å². The van der Waals surface area contributed by atoms with Gasteiger partial charge in [-0.2, -0.15) is 0 Å². The smallest absolute Gasteiger partial charge is 0.338 e. The van der Waals surface area contributed by atoms with Crippen LogP contribution in [0.2, 0.25) is 10.1 Å². The van der Waals surface area contributed by atoms with Gasteiger partial charge in [0.2, 0.25) is 10.0 Å². The standard InChI is InChI=1S/C40H46ClFN4O6S2Si/c1-40(2,3)55(30-11-7-5-8-12-30,31-13-9-6-10-14-31)52-23-22-51-24-26-54(48,49)46-20-17-28(18-21-46)35-34(39(47)50-4)36(32-16-15-29(42)27-33(32)41)45-37(44-35)38-43-19-25-53-38/h5-16,19,25,27-28,36H,17-18,20-24,26H2,1-4H3,(H,44,45). The van der Waals surface area contributed by atoms with Crippen molar-refractivity contribution in [2.75, 3.05) is 45.8 Å². The Morgan fingerprint density at radius 1 is 1.00 bits per heavy atom. The van der Waals surface area contributed by atoms with Crippen LogP contribution in [0.4, 0.5) is 4.39 Å². The van der Waals surface area contributed by atoms with Crippen LogP contribution in [0.25, 0.3) is 0 Å². The SMILES string of the molecule is COC(=O)C1=C(C2CCN(S(=O)(=O)CCOCCO[Si](c3ccccc3)(c3ccccc3)C(C)(C)C)CC2)NC(c2nccs2)=NC1c1ccc(F)cc1Cl. The number of carbonyl (C=O) groups is 1. The van der Waals surface area contributed by atoms with E-state index in [0.717, 1.165) is 0 Å². The van der Waals surface area contributed by atoms with E-state index < -0.39 is 36.2 Å². The summed E-state index contributed by atoms with van der Waals surface area (Å²) in [6.45, 7) is 7.71. The molecule has 4 aromatic rings. The van der Waals surface area contributed by atoms with Crippen LogP contribution in [0, 0.1) is 11.7 Å². The van der Waals surface area contributed by atoms with Gasteiger partial charge in [-0.05, 0) is 40.4 Å². The first kappa shape index (κ1) is 40.9. The number of methoxy groups -OCH3 is 1. The molecule has 2 aliphatic rings. The molecule has 0 aliphatic carbocycles. The van der Waals surface area contributed by atoms with Gasteiger partial charge in [-0.25, -0.2) is 26.9 Å². The van der Waals surface area contributed by atoms with Crippen molar-refractivity contribution in [3.63, 3.8) is 0 Å². The van der Waals surface area contributed by atoms with E-state index >= 15 is 0 Å². The molecule has 1 unspecified atom stereocenters. The van der Waals surface area contributed by atoms with E-state index in [4.69, 9.17) is 30.5 Å². The fourth-order valence-corrected chi connectivity index (χ4v) is 14.2. The maximum atomic E-state index is 14.1. The lowest BCUT2D eigenvalue weighted by atomic mass is 9.86. The average molecular weight is 826 g/mol. The first-order valence-corrected chi connectivity index (χ1v) is 23.0. The van der Waals surface area contributed by atoms with Gasteiger partial charge in [0, 0.05) is 46.9 Å². The summed E-state index contributed by atoms with van der Waals surface area (Å²) in [5, 5.41) is 8.01. The second-order valence-corrected chi connectivity index (χ2v) is 22.1. The summed E-state index contributed by atoms with van der Waals surface area (Å²) in [5.74, 6) is -1.09. The van der Waals surface area contributed by atoms with Gasteiger partial charge in [-0.3, -0.25) is 4.99 Å². The molecule has 3 heterocycles. The number of halogens is 2. The van der Waals surface area contributed by atoms with Crippen molar-refractivity contribution in [3.8, 4) is 0 Å². The number of carbonyl (C=O) groups excluding carboxylic acids is 1. The van der Waals surface area contributed by atoms with E-state index in [9.17, 15) is 17.6 Å². The Kier molecular flexibility index (Phi) is 13.1. The third-order valence-corrected chi connectivity index (χ3v) is 18.1. The number of sulfonamides is 1. The Balaban J connectivity index is 1.11. The van der Waals surface area contributed by atoms with Gasteiger partial charge in [-0.1, -0.05) is 99.1 Å². The highest BCUT2D eigenvalue weighted by Crippen LogP contribution is 2.40. The van der Waals surface area contributed by atoms with Crippen molar-refractivity contribution in [2.45, 2.75) is 44.7 Å². The summed E-state index contributed by atoms with van der Waals surface area (Å²) >= 11 is 7.88. The second kappa shape index (κ2) is 17.6. The predicted octanol–water partition coefficient (Wildman–Crippen LogP) is 6.09. The van der Waals surface area contributed by atoms with Crippen LogP contribution in [-0.4, -0.2) is 83.6 Å². The third-order valence-electron chi connectivity index (χ3n) is 10.1. The monoisotopic (exact) mass is 824 g/mol. The van der Waals surface area contributed by atoms with Crippen molar-refractivity contribution in [2.24, 2.45) is 10.9 Å². The maximum Gasteiger partial charge on any atom is 0.338 e. The van der Waals surface area contributed by atoms with Gasteiger partial charge >= 0.3 is 5.97 Å². The molecule has 6 rings (SSSR count). The number of aromatic nitrogens is 1. The lowest BCUT2D eigenvalue weighted by Crippen LogP contribution is -2.66. The van der Waals surface area contributed by atoms with Gasteiger partial charge in [0.05, 0.1) is 38.3 Å². The molecule has 55 heavy (non-hydrogen) atoms. The molecule has 292 valence electrons. The van der Waals surface area contributed by atoms with Crippen LogP contribution >= 0.6 is 22.9 Å². The van der Waals surface area contributed by atoms with Crippen molar-refractivity contribution in [3.05, 3.63) is 123 Å². The van der Waals surface area contributed by atoms with Crippen molar-refractivity contribution in [1.82, 2.24) is 14.6 Å². The summed E-state index contributed by atoms with van der Waals surface area (Å²) in [6.07, 6.45) is 2.52. The van der Waals surface area contributed by atoms with Gasteiger partial charge in [0.15, 0.2) is 10.8 Å². The highest BCUT2D eigenvalue weighted by Gasteiger charge is 2.50. The second-order valence-electron chi connectivity index (χ2n) is 14.4. The molecular weight excluding hydrogens is 779 g/mol. The first-order valence-electron chi connectivity index (χ1n) is 18.2. The number of thiazole rings is 1. The van der Waals surface area contributed by atoms with E-state index in [1.165, 1.54) is 51.3 Å². The molecule has 0 saturated carbocycles. The van der Waals surface area contributed by atoms with Crippen molar-refractivity contribution < 1.29 is 31.5 Å². The number of nitrogens with zero attached hydrogens (tertiary/aromatic N) is 3. The lowest BCUT2D eigenvalue weighted by molar-refractivity contribution is -0.136. The number of benzene rings is 3. The summed E-state index contributed by atoms with van der Waals surface area (Å²) in [5.41, 5.74) is 1.25. The van der Waals surface area contributed by atoms with Crippen LogP contribution < -0.4 is 15.7 Å². The Hall–Kier alpha value is -3.76. The minimum absolute atomic E-state index is 0.0271. The molecule has 10 nitrogen and oxygen atoms in total. The number of hydrogen-bond donors (Lipinski definition) is 1. The van der Waals surface area contributed by atoms with Gasteiger partial charge < -0.3 is 19.2 Å². The fourth-order valence-electron chi connectivity index (χ4n) is 7.45. The summed E-state index contributed by atoms with van der Waals surface area (Å²) < 4.78 is 60.6. The molecule has 1 aromatic heterocycles. The number of amidine groups is 1. The number of nitrogens with one attached hydrogen (secondary N) is 1. The number of piperidine rings is 1. The molecule has 0 spiro atoms. The van der Waals surface area contributed by atoms with E-state index in [1.54, 1.807) is 6.20 Å². The molecule has 1 fully saturated rings. The predicted molar refractivity (Wildman–Crippen MR) is 217 cm³/mol. The fraction of sp³-hybridized carbons (Fsp3) is 0.375. The lowest BCUT2D eigenvalue weighted by Gasteiger charge is -2.43. The summed E-state index contributed by atoms with van der Waals surface area (Å²) in [4.78, 5) is 22.6. The maximum absolute atomic E-state index is 14.1. The molecular formula is C40H46ClFN4O6S2Si. The van der Waals surface area contributed by atoms with Crippen LogP contribution in [0.5, 0.6) is 0 Å². The van der Waals surface area contributed by atoms with Gasteiger partial charge in [-0.15, -0.1) is 11.3 Å². The van der Waals surface area contributed by atoms with Crippen molar-refractivity contribution in [1.29, 1.82) is 0 Å². The summed E-state index contributed by atoms with van der Waals surface area (Å²) in [7, 11) is -5.09. The minimum Gasteiger partial charge on any atom is -0.466 e. The quantitative estimate of drug-likeness (QED) is 0.0923. The summed E-state index contributed by atoms with van der Waals surface area (Å²) in [6, 6.07) is 23.7. The topological polar surface area (TPSA) is 119 Å². The van der Waals surface area contributed by atoms with Gasteiger partial charge in [0.1, 0.15) is 11.9 Å². The number of ether oxygens (including phenoxy) is 2. The molecule has 1 atom stereocenters. The van der Waals surface area contributed by atoms with Gasteiger partial charge in [0.25, 0.3) is 8.32 Å². The van der Waals surface area contributed by atoms with E-state index in [2.05, 4.69) is 55.3 Å². The Labute approximate surface area is 332 Å². The van der Waals surface area contributed by atoms with E-state index in [0.29, 0.717) is 41.6 Å². The zero-order valence-electron chi connectivity index (χ0n) is 31.3. The van der Waals surface area contributed by atoms with Crippen LogP contribution in [0.3, 0.4) is 0 Å². The molecule has 0 radical (unpaired) electrons. The van der Waals surface area contributed by atoms with Crippen LogP contribution in [0.1, 0.15) is 50.2 Å². The highest BCUT2D eigenvalue weighted by atomic mass is 35.5. The number of allylic oxidation sites excluding steroid dienone is 1. The molecule has 3 aromatic carbocycles. The Morgan fingerprint density at radius 2 is 1.65 bits per heavy atom. The number of aliphatic imine (C=N–C) groups is 1. The number of rotatable bonds is 14. The zero-order valence-corrected chi connectivity index (χ0v) is 34.7. The normalized spacial score (nSPS) is 17.5. The van der Waals surface area contributed by atoms with Crippen LogP contribution in [0.15, 0.2) is 107 Å². The molecule has 15 heteroatoms. The third kappa shape index (κ3) is 8.96. The number of esters is 1. The average Bonchev–Trinajstić information content (AvgIpc) is 3.73. The Bertz CT molecular complexity index is 2070. The number of hydrogen-bond acceptors (Lipinski definition) is 10. The minimum atomic E-state index is -3.64. The van der Waals surface area contributed by atoms with E-state index in [-0.39, 0.29) is 53.6 Å². The van der Waals surface area contributed by atoms with E-state index in [1.807, 2.05) is 41.8 Å². The molecule has 2 aliphatic heterocycles. The first-order chi connectivity index (χ1) is 26.4. The largest absolute Gasteiger partial charge is 0.466 e. The molecule has 0 amide bonds. The Morgan fingerprint density at radius 3 is 2.22 bits per heavy atom. The molecule has 1 N–H and O–H groups in total. The molecule has 0 bridgehead atoms. The zero-order chi connectivity index (χ0) is 39.2. The van der Waals surface area contributed by atoms with Crippen LogP contribution in [-0.2, 0) is 28.7 Å². The molecule has 1 saturated heterocycles.